The first-order valence-electron chi connectivity index (χ1n) is 8.37. The number of nitrogens with zero attached hydrogens (tertiary/aromatic N) is 1. The molecule has 0 unspecified atom stereocenters. The Hall–Kier alpha value is -3.09. The van der Waals surface area contributed by atoms with Crippen molar-refractivity contribution in [1.29, 1.82) is 0 Å². The number of rotatable bonds is 2. The van der Waals surface area contributed by atoms with Crippen molar-refractivity contribution in [3.8, 4) is 11.5 Å². The summed E-state index contributed by atoms with van der Waals surface area (Å²) >= 11 is 0. The number of ether oxygens (including phenoxy) is 2. The zero-order valence-corrected chi connectivity index (χ0v) is 14.8. The predicted octanol–water partition coefficient (Wildman–Crippen LogP) is 1.36. The van der Waals surface area contributed by atoms with Crippen LogP contribution in [0.15, 0.2) is 30.6 Å². The third-order valence-electron chi connectivity index (χ3n) is 4.31. The Kier molecular flexibility index (Phi) is 5.36. The number of hydrogen-bond acceptors (Lipinski definition) is 5. The van der Waals surface area contributed by atoms with Crippen LogP contribution in [0.3, 0.4) is 0 Å². The van der Waals surface area contributed by atoms with Crippen LogP contribution < -0.4 is 20.1 Å². The van der Waals surface area contributed by atoms with Gasteiger partial charge in [-0.3, -0.25) is 14.6 Å². The van der Waals surface area contributed by atoms with Gasteiger partial charge in [0.25, 0.3) is 11.8 Å². The first-order valence-corrected chi connectivity index (χ1v) is 8.37. The fraction of sp³-hybridized carbons (Fsp3) is 0.316. The van der Waals surface area contributed by atoms with Gasteiger partial charge in [-0.05, 0) is 42.2 Å². The molecule has 3 heterocycles. The van der Waals surface area contributed by atoms with E-state index in [-0.39, 0.29) is 11.8 Å². The Morgan fingerprint density at radius 1 is 0.808 bits per heavy atom. The Morgan fingerprint density at radius 2 is 1.27 bits per heavy atom. The lowest BCUT2D eigenvalue weighted by molar-refractivity contribution is 0.0953. The maximum Gasteiger partial charge on any atom is 0.252 e. The van der Waals surface area contributed by atoms with E-state index in [2.05, 4.69) is 15.6 Å². The molecule has 0 atom stereocenters. The topological polar surface area (TPSA) is 89.6 Å². The average molecular weight is 355 g/mol. The van der Waals surface area contributed by atoms with Crippen LogP contribution in [0.2, 0.25) is 0 Å². The van der Waals surface area contributed by atoms with Gasteiger partial charge >= 0.3 is 0 Å². The summed E-state index contributed by atoms with van der Waals surface area (Å²) < 4.78 is 11.0. The second kappa shape index (κ2) is 7.86. The summed E-state index contributed by atoms with van der Waals surface area (Å²) in [7, 11) is 3.22. The number of carbonyl (C=O) groups is 2. The van der Waals surface area contributed by atoms with Crippen LogP contribution in [-0.4, -0.2) is 44.1 Å². The molecular weight excluding hydrogens is 334 g/mol. The normalized spacial score (nSPS) is 14.7. The van der Waals surface area contributed by atoms with E-state index in [4.69, 9.17) is 9.47 Å². The number of nitrogens with one attached hydrogen (secondary N) is 2. The molecule has 136 valence electrons. The molecule has 7 nitrogen and oxygen atoms in total. The van der Waals surface area contributed by atoms with Crippen molar-refractivity contribution >= 4 is 11.8 Å². The summed E-state index contributed by atoms with van der Waals surface area (Å²) in [4.78, 5) is 28.6. The van der Waals surface area contributed by atoms with Crippen LogP contribution in [0.1, 0.15) is 31.8 Å². The summed E-state index contributed by atoms with van der Waals surface area (Å²) in [6.45, 7) is 0.849. The molecule has 2 aliphatic heterocycles. The number of hydrogen-bond donors (Lipinski definition) is 2. The number of amides is 2. The smallest absolute Gasteiger partial charge is 0.252 e. The largest absolute Gasteiger partial charge is 0.496 e. The van der Waals surface area contributed by atoms with Gasteiger partial charge < -0.3 is 20.1 Å². The standard InChI is InChI=1S/C19H21N3O4/c1-25-16-8-13-4-6-22-19(24)15-7-14(10-20-11-15)18(23)21-5-3-12(16)9-17(13)26-2/h7-11H,3-6H2,1-2H3,(H,21,23)(H,22,24). The van der Waals surface area contributed by atoms with Gasteiger partial charge in [-0.25, -0.2) is 0 Å². The van der Waals surface area contributed by atoms with E-state index in [1.54, 1.807) is 20.3 Å². The van der Waals surface area contributed by atoms with Crippen LogP contribution >= 0.6 is 0 Å². The van der Waals surface area contributed by atoms with Gasteiger partial charge in [-0.2, -0.15) is 0 Å². The quantitative estimate of drug-likeness (QED) is 0.849. The summed E-state index contributed by atoms with van der Waals surface area (Å²) in [5.41, 5.74) is 2.59. The van der Waals surface area contributed by atoms with Crippen molar-refractivity contribution in [2.24, 2.45) is 0 Å². The maximum absolute atomic E-state index is 12.3. The monoisotopic (exact) mass is 355 g/mol. The Bertz CT molecular complexity index is 771. The number of benzene rings is 1. The number of pyridine rings is 1. The van der Waals surface area contributed by atoms with Crippen LogP contribution in [-0.2, 0) is 12.8 Å². The highest BCUT2D eigenvalue weighted by molar-refractivity contribution is 5.99. The number of carbonyl (C=O) groups excluding carboxylic acids is 2. The minimum atomic E-state index is -0.274. The second-order valence-corrected chi connectivity index (χ2v) is 5.95. The van der Waals surface area contributed by atoms with Gasteiger partial charge in [-0.1, -0.05) is 0 Å². The lowest BCUT2D eigenvalue weighted by atomic mass is 10.0. The van der Waals surface area contributed by atoms with Crippen LogP contribution in [0.5, 0.6) is 11.5 Å². The first kappa shape index (κ1) is 17.7. The third-order valence-corrected chi connectivity index (χ3v) is 4.31. The molecule has 4 bridgehead atoms. The van der Waals surface area contributed by atoms with E-state index in [0.717, 1.165) is 22.6 Å². The van der Waals surface area contributed by atoms with E-state index in [1.165, 1.54) is 12.4 Å². The molecule has 1 aromatic heterocycles. The Labute approximate surface area is 151 Å². The van der Waals surface area contributed by atoms with E-state index in [0.29, 0.717) is 37.1 Å². The summed E-state index contributed by atoms with van der Waals surface area (Å²) in [5.74, 6) is 0.922. The summed E-state index contributed by atoms with van der Waals surface area (Å²) in [5, 5.41) is 5.69. The minimum absolute atomic E-state index is 0.274. The molecule has 2 amide bonds. The van der Waals surface area contributed by atoms with Gasteiger partial charge in [0.1, 0.15) is 11.5 Å². The molecule has 1 aromatic carbocycles. The minimum Gasteiger partial charge on any atom is -0.496 e. The molecule has 0 saturated carbocycles. The van der Waals surface area contributed by atoms with Crippen molar-refractivity contribution in [3.05, 3.63) is 52.8 Å². The van der Waals surface area contributed by atoms with E-state index in [9.17, 15) is 9.59 Å². The van der Waals surface area contributed by atoms with Gasteiger partial charge in [0.15, 0.2) is 0 Å². The lowest BCUT2D eigenvalue weighted by Crippen LogP contribution is -2.28. The van der Waals surface area contributed by atoms with E-state index in [1.807, 2.05) is 12.1 Å². The molecule has 0 saturated heterocycles. The molecule has 0 fully saturated rings. The average Bonchev–Trinajstić information content (AvgIpc) is 2.67. The highest BCUT2D eigenvalue weighted by Gasteiger charge is 2.15. The molecular formula is C19H21N3O4. The molecule has 0 spiro atoms. The third kappa shape index (κ3) is 3.77. The van der Waals surface area contributed by atoms with E-state index >= 15 is 0 Å². The summed E-state index contributed by atoms with van der Waals surface area (Å²) in [6, 6.07) is 5.39. The van der Waals surface area contributed by atoms with E-state index < -0.39 is 0 Å². The molecule has 0 aliphatic carbocycles. The molecule has 2 aliphatic rings. The van der Waals surface area contributed by atoms with Crippen LogP contribution in [0, 0.1) is 0 Å². The summed E-state index contributed by atoms with van der Waals surface area (Å²) in [6.07, 6.45) is 4.08. The van der Waals surface area contributed by atoms with Crippen molar-refractivity contribution in [1.82, 2.24) is 15.6 Å². The zero-order valence-electron chi connectivity index (χ0n) is 14.8. The fourth-order valence-electron chi connectivity index (χ4n) is 2.93. The van der Waals surface area contributed by atoms with Crippen LogP contribution in [0.25, 0.3) is 0 Å². The highest BCUT2D eigenvalue weighted by Crippen LogP contribution is 2.29. The predicted molar refractivity (Wildman–Crippen MR) is 95.9 cm³/mol. The van der Waals surface area contributed by atoms with Crippen molar-refractivity contribution in [3.63, 3.8) is 0 Å². The first-order chi connectivity index (χ1) is 12.6. The number of aromatic nitrogens is 1. The Morgan fingerprint density at radius 3 is 1.69 bits per heavy atom. The fourth-order valence-corrected chi connectivity index (χ4v) is 2.93. The molecule has 4 rings (SSSR count). The maximum atomic E-state index is 12.3. The van der Waals surface area contributed by atoms with Gasteiger partial charge in [0, 0.05) is 25.5 Å². The van der Waals surface area contributed by atoms with Gasteiger partial charge in [0.2, 0.25) is 0 Å². The molecule has 0 radical (unpaired) electrons. The highest BCUT2D eigenvalue weighted by atomic mass is 16.5. The second-order valence-electron chi connectivity index (χ2n) is 5.95. The van der Waals surface area contributed by atoms with Crippen molar-refractivity contribution in [2.45, 2.75) is 12.8 Å². The molecule has 2 aromatic rings. The molecule has 26 heavy (non-hydrogen) atoms. The molecule has 2 N–H and O–H groups in total. The van der Waals surface area contributed by atoms with Gasteiger partial charge in [-0.15, -0.1) is 0 Å². The van der Waals surface area contributed by atoms with Gasteiger partial charge in [0.05, 0.1) is 25.3 Å². The lowest BCUT2D eigenvalue weighted by Gasteiger charge is -2.15. The molecule has 7 heteroatoms. The number of fused-ring (bicyclic) bond motifs is 8. The van der Waals surface area contributed by atoms with Crippen molar-refractivity contribution in [2.75, 3.05) is 27.3 Å². The Balaban J connectivity index is 1.95. The zero-order chi connectivity index (χ0) is 18.5. The SMILES string of the molecule is COc1cc2c(OC)cc1CCNC(=O)c1cncc(c1)C(=O)NCC2. The number of methoxy groups -OCH3 is 2. The van der Waals surface area contributed by atoms with Crippen molar-refractivity contribution < 1.29 is 19.1 Å². The van der Waals surface area contributed by atoms with Crippen LogP contribution in [0.4, 0.5) is 0 Å².